The van der Waals surface area contributed by atoms with E-state index in [1.165, 1.54) is 12.1 Å². The molecule has 1 spiro atoms. The molecule has 1 saturated heterocycles. The highest BCUT2D eigenvalue weighted by Crippen LogP contribution is 2.50. The third-order valence-electron chi connectivity index (χ3n) is 6.37. The number of halogens is 1. The maximum atomic E-state index is 14.3. The van der Waals surface area contributed by atoms with Crippen LogP contribution < -0.4 is 20.9 Å². The number of primary amides is 1. The van der Waals surface area contributed by atoms with E-state index in [-0.39, 0.29) is 6.99 Å². The standard InChI is InChI=1S/C21H25FN6O3.C2H6.H2/c1-12-3-14(18(23)29)15(22)4-16(12)25-20-24-7-17-19(26-20)28(11-31-10-27(17)2)13-5-21(6-13)8-30-9-21;1-2;/h3-4,7,13H,5-6,8-11H2,1-2H3,(H2,23,29)(H,24,25,26);1-2H3;1H. The molecule has 0 radical (unpaired) electrons. The van der Waals surface area contributed by atoms with Crippen molar-refractivity contribution < 1.29 is 20.1 Å². The van der Waals surface area contributed by atoms with Crippen molar-refractivity contribution in [2.45, 2.75) is 39.7 Å². The zero-order valence-corrected chi connectivity index (χ0v) is 19.5. The number of amides is 1. The monoisotopic (exact) mass is 460 g/mol. The molecule has 33 heavy (non-hydrogen) atoms. The number of aromatic nitrogens is 2. The number of hydrogen-bond acceptors (Lipinski definition) is 8. The van der Waals surface area contributed by atoms with E-state index in [9.17, 15) is 9.18 Å². The number of nitrogens with one attached hydrogen (secondary N) is 1. The first-order valence-corrected chi connectivity index (χ1v) is 11.2. The SMILES string of the molecule is CC.Cc1cc(C(N)=O)c(F)cc1Nc1ncc2c(n1)N(C1CC3(COC3)C1)COCN2C.[HH]. The van der Waals surface area contributed by atoms with Gasteiger partial charge in [-0.25, -0.2) is 9.37 Å². The van der Waals surface area contributed by atoms with Crippen LogP contribution in [-0.2, 0) is 9.47 Å². The lowest BCUT2D eigenvalue weighted by Gasteiger charge is -2.56. The summed E-state index contributed by atoms with van der Waals surface area (Å²) in [5.74, 6) is -0.367. The van der Waals surface area contributed by atoms with Crippen molar-refractivity contribution in [2.24, 2.45) is 11.1 Å². The van der Waals surface area contributed by atoms with Gasteiger partial charge in [0.25, 0.3) is 5.91 Å². The van der Waals surface area contributed by atoms with Crippen LogP contribution in [0.1, 0.15) is 44.0 Å². The summed E-state index contributed by atoms with van der Waals surface area (Å²) in [6, 6.07) is 2.99. The summed E-state index contributed by atoms with van der Waals surface area (Å²) >= 11 is 0. The van der Waals surface area contributed by atoms with Gasteiger partial charge in [0.05, 0.1) is 25.0 Å². The van der Waals surface area contributed by atoms with Crippen molar-refractivity contribution in [3.63, 3.8) is 0 Å². The minimum atomic E-state index is -0.803. The third-order valence-corrected chi connectivity index (χ3v) is 6.37. The highest BCUT2D eigenvalue weighted by Gasteiger charge is 2.52. The number of carbonyl (C=O) groups is 1. The Hall–Kier alpha value is -2.98. The molecule has 1 aromatic carbocycles. The number of rotatable bonds is 4. The van der Waals surface area contributed by atoms with E-state index in [0.29, 0.717) is 42.1 Å². The van der Waals surface area contributed by atoms with Crippen LogP contribution in [-0.4, -0.2) is 55.6 Å². The number of nitrogens with two attached hydrogens (primary N) is 1. The highest BCUT2D eigenvalue weighted by molar-refractivity contribution is 5.94. The average molecular weight is 461 g/mol. The summed E-state index contributed by atoms with van der Waals surface area (Å²) in [5, 5.41) is 3.08. The normalized spacial score (nSPS) is 18.9. The molecule has 1 saturated carbocycles. The van der Waals surface area contributed by atoms with Gasteiger partial charge in [-0.3, -0.25) is 4.79 Å². The Balaban J connectivity index is 0.00000105. The van der Waals surface area contributed by atoms with E-state index in [4.69, 9.17) is 20.2 Å². The van der Waals surface area contributed by atoms with Gasteiger partial charge < -0.3 is 30.3 Å². The van der Waals surface area contributed by atoms with Crippen LogP contribution in [0.25, 0.3) is 0 Å². The Kier molecular flexibility index (Phi) is 6.40. The summed E-state index contributed by atoms with van der Waals surface area (Å²) in [6.07, 6.45) is 3.84. The summed E-state index contributed by atoms with van der Waals surface area (Å²) in [5.41, 5.74) is 7.41. The van der Waals surface area contributed by atoms with Gasteiger partial charge in [-0.05, 0) is 37.5 Å². The molecule has 5 rings (SSSR count). The molecule has 0 unspecified atom stereocenters. The average Bonchev–Trinajstić information content (AvgIpc) is 2.89. The number of carbonyl (C=O) groups excluding carboxylic acids is 1. The summed E-state index contributed by atoms with van der Waals surface area (Å²) in [4.78, 5) is 24.7. The fourth-order valence-corrected chi connectivity index (χ4v) is 4.50. The number of fused-ring (bicyclic) bond motifs is 1. The molecule has 1 aliphatic carbocycles. The summed E-state index contributed by atoms with van der Waals surface area (Å²) in [6.45, 7) is 8.30. The van der Waals surface area contributed by atoms with Gasteiger partial charge in [0.2, 0.25) is 5.95 Å². The Morgan fingerprint density at radius 3 is 2.64 bits per heavy atom. The van der Waals surface area contributed by atoms with Crippen LogP contribution in [0, 0.1) is 18.2 Å². The lowest BCUT2D eigenvalue weighted by Crippen LogP contribution is -2.60. The maximum Gasteiger partial charge on any atom is 0.251 e. The molecule has 3 N–H and O–H groups in total. The van der Waals surface area contributed by atoms with Gasteiger partial charge in [-0.1, -0.05) is 13.8 Å². The van der Waals surface area contributed by atoms with Crippen molar-refractivity contribution >= 4 is 29.0 Å². The first-order valence-electron chi connectivity index (χ1n) is 11.2. The van der Waals surface area contributed by atoms with E-state index in [2.05, 4.69) is 15.2 Å². The van der Waals surface area contributed by atoms with Gasteiger partial charge in [0, 0.05) is 25.6 Å². The predicted molar refractivity (Wildman–Crippen MR) is 126 cm³/mol. The van der Waals surface area contributed by atoms with Crippen LogP contribution >= 0.6 is 0 Å². The molecule has 2 fully saturated rings. The number of ether oxygens (including phenoxy) is 2. The van der Waals surface area contributed by atoms with Crippen LogP contribution in [0.15, 0.2) is 18.3 Å². The Morgan fingerprint density at radius 2 is 2.00 bits per heavy atom. The van der Waals surface area contributed by atoms with Gasteiger partial charge in [0.15, 0.2) is 5.82 Å². The number of aryl methyl sites for hydroxylation is 1. The number of nitrogens with zero attached hydrogens (tertiary/aromatic N) is 4. The molecule has 3 aliphatic rings. The molecule has 10 heteroatoms. The zero-order valence-electron chi connectivity index (χ0n) is 19.5. The first kappa shape index (κ1) is 23.2. The summed E-state index contributed by atoms with van der Waals surface area (Å²) in [7, 11) is 1.93. The Labute approximate surface area is 194 Å². The molecule has 180 valence electrons. The molecule has 3 heterocycles. The van der Waals surface area contributed by atoms with Gasteiger partial charge >= 0.3 is 0 Å². The van der Waals surface area contributed by atoms with Crippen molar-refractivity contribution in [3.8, 4) is 0 Å². The molecule has 2 aromatic rings. The Morgan fingerprint density at radius 1 is 1.27 bits per heavy atom. The second kappa shape index (κ2) is 9.11. The maximum absolute atomic E-state index is 14.3. The largest absolute Gasteiger partial charge is 0.380 e. The van der Waals surface area contributed by atoms with E-state index in [1.54, 1.807) is 13.1 Å². The predicted octanol–water partition coefficient (Wildman–Crippen LogP) is 3.41. The van der Waals surface area contributed by atoms with Gasteiger partial charge in [-0.2, -0.15) is 4.98 Å². The highest BCUT2D eigenvalue weighted by atomic mass is 19.1. The van der Waals surface area contributed by atoms with Crippen molar-refractivity contribution in [1.82, 2.24) is 9.97 Å². The van der Waals surface area contributed by atoms with Crippen molar-refractivity contribution in [1.29, 1.82) is 0 Å². The fraction of sp³-hybridized carbons (Fsp3) is 0.522. The lowest BCUT2D eigenvalue weighted by molar-refractivity contribution is -0.164. The smallest absolute Gasteiger partial charge is 0.251 e. The van der Waals surface area contributed by atoms with Gasteiger partial charge in [-0.15, -0.1) is 0 Å². The second-order valence-corrected chi connectivity index (χ2v) is 8.72. The molecular formula is C23H33FN6O3. The minimum absolute atomic E-state index is 0. The zero-order chi connectivity index (χ0) is 23.8. The molecule has 1 aromatic heterocycles. The first-order chi connectivity index (χ1) is 15.8. The van der Waals surface area contributed by atoms with Crippen LogP contribution in [0.5, 0.6) is 0 Å². The van der Waals surface area contributed by atoms with E-state index in [0.717, 1.165) is 37.6 Å². The molecule has 9 nitrogen and oxygen atoms in total. The second-order valence-electron chi connectivity index (χ2n) is 8.72. The molecule has 0 atom stereocenters. The third kappa shape index (κ3) is 4.32. The van der Waals surface area contributed by atoms with Crippen LogP contribution in [0.2, 0.25) is 0 Å². The van der Waals surface area contributed by atoms with Crippen molar-refractivity contribution in [3.05, 3.63) is 35.3 Å². The van der Waals surface area contributed by atoms with Crippen molar-refractivity contribution in [2.75, 3.05) is 48.8 Å². The molecular weight excluding hydrogens is 427 g/mol. The van der Waals surface area contributed by atoms with E-state index < -0.39 is 11.7 Å². The molecule has 2 aliphatic heterocycles. The quantitative estimate of drug-likeness (QED) is 0.715. The van der Waals surface area contributed by atoms with E-state index in [1.807, 2.05) is 25.8 Å². The van der Waals surface area contributed by atoms with E-state index >= 15 is 0 Å². The minimum Gasteiger partial charge on any atom is -0.380 e. The topological polar surface area (TPSA) is 106 Å². The number of hydrogen-bond donors (Lipinski definition) is 2. The molecule has 0 bridgehead atoms. The van der Waals surface area contributed by atoms with Crippen LogP contribution in [0.4, 0.5) is 27.5 Å². The fourth-order valence-electron chi connectivity index (χ4n) is 4.50. The Bertz CT molecular complexity index is 1040. The van der Waals surface area contributed by atoms with Gasteiger partial charge in [0.1, 0.15) is 25.0 Å². The number of benzene rings is 1. The number of anilines is 4. The lowest BCUT2D eigenvalue weighted by atomic mass is 9.63. The van der Waals surface area contributed by atoms with Crippen LogP contribution in [0.3, 0.4) is 0 Å². The summed E-state index contributed by atoms with van der Waals surface area (Å²) < 4.78 is 25.5. The molecule has 1 amide bonds.